The highest BCUT2D eigenvalue weighted by Gasteiger charge is 2.26. The van der Waals surface area contributed by atoms with Gasteiger partial charge in [0.05, 0.1) is 13.2 Å². The van der Waals surface area contributed by atoms with Crippen molar-refractivity contribution in [2.75, 3.05) is 26.0 Å². The van der Waals surface area contributed by atoms with E-state index in [1.54, 1.807) is 19.9 Å². The SMILES string of the molecule is C=CCOC(CCO)OP(=O)(CC)OCC. The van der Waals surface area contributed by atoms with Gasteiger partial charge in [-0.05, 0) is 6.92 Å². The quantitative estimate of drug-likeness (QED) is 0.366. The van der Waals surface area contributed by atoms with Crippen molar-refractivity contribution in [1.29, 1.82) is 0 Å². The molecule has 96 valence electrons. The van der Waals surface area contributed by atoms with Crippen molar-refractivity contribution in [1.82, 2.24) is 0 Å². The van der Waals surface area contributed by atoms with Gasteiger partial charge in [-0.25, -0.2) is 0 Å². The van der Waals surface area contributed by atoms with Crippen LogP contribution in [-0.2, 0) is 18.3 Å². The van der Waals surface area contributed by atoms with Crippen molar-refractivity contribution in [3.05, 3.63) is 12.7 Å². The summed E-state index contributed by atoms with van der Waals surface area (Å²) in [6.45, 7) is 7.47. The van der Waals surface area contributed by atoms with Gasteiger partial charge >= 0.3 is 7.60 Å². The summed E-state index contributed by atoms with van der Waals surface area (Å²) in [5.41, 5.74) is 0. The molecule has 0 fully saturated rings. The molecule has 2 unspecified atom stereocenters. The molecule has 5 nitrogen and oxygen atoms in total. The fraction of sp³-hybridized carbons (Fsp3) is 0.800. The Kier molecular flexibility index (Phi) is 8.80. The maximum Gasteiger partial charge on any atom is 0.332 e. The van der Waals surface area contributed by atoms with Crippen LogP contribution in [0.2, 0.25) is 0 Å². The Labute approximate surface area is 96.9 Å². The largest absolute Gasteiger partial charge is 0.396 e. The highest BCUT2D eigenvalue weighted by molar-refractivity contribution is 7.53. The first-order chi connectivity index (χ1) is 7.61. The minimum Gasteiger partial charge on any atom is -0.396 e. The molecule has 0 aromatic carbocycles. The molecular weight excluding hydrogens is 231 g/mol. The molecule has 0 aliphatic carbocycles. The third-order valence-corrected chi connectivity index (χ3v) is 3.74. The van der Waals surface area contributed by atoms with E-state index in [9.17, 15) is 4.57 Å². The summed E-state index contributed by atoms with van der Waals surface area (Å²) < 4.78 is 27.6. The van der Waals surface area contributed by atoms with Crippen LogP contribution in [0.4, 0.5) is 0 Å². The predicted octanol–water partition coefficient (Wildman–Crippen LogP) is 2.16. The second-order valence-corrected chi connectivity index (χ2v) is 5.34. The van der Waals surface area contributed by atoms with Crippen molar-refractivity contribution in [2.45, 2.75) is 26.6 Å². The molecule has 0 aromatic rings. The first-order valence-corrected chi connectivity index (χ1v) is 7.10. The van der Waals surface area contributed by atoms with Crippen molar-refractivity contribution in [3.8, 4) is 0 Å². The summed E-state index contributed by atoms with van der Waals surface area (Å²) in [4.78, 5) is 0. The monoisotopic (exact) mass is 252 g/mol. The minimum absolute atomic E-state index is 0.0996. The zero-order chi connectivity index (χ0) is 12.4. The lowest BCUT2D eigenvalue weighted by atomic mass is 10.4. The third-order valence-electron chi connectivity index (χ3n) is 1.76. The van der Waals surface area contributed by atoms with Gasteiger partial charge in [0.2, 0.25) is 0 Å². The highest BCUT2D eigenvalue weighted by Crippen LogP contribution is 2.49. The number of aliphatic hydroxyl groups is 1. The topological polar surface area (TPSA) is 65.0 Å². The van der Waals surface area contributed by atoms with Gasteiger partial charge in [-0.15, -0.1) is 6.58 Å². The van der Waals surface area contributed by atoms with E-state index in [1.165, 1.54) is 0 Å². The molecule has 16 heavy (non-hydrogen) atoms. The Bertz CT molecular complexity index is 231. The first kappa shape index (κ1) is 15.8. The minimum atomic E-state index is -3.10. The zero-order valence-electron chi connectivity index (χ0n) is 9.92. The number of ether oxygens (including phenoxy) is 1. The molecular formula is C10H21O5P. The maximum atomic E-state index is 12.0. The van der Waals surface area contributed by atoms with E-state index < -0.39 is 13.9 Å². The molecule has 0 aromatic heterocycles. The molecule has 1 N–H and O–H groups in total. The Morgan fingerprint density at radius 3 is 2.62 bits per heavy atom. The van der Waals surface area contributed by atoms with E-state index in [-0.39, 0.29) is 25.8 Å². The molecule has 0 spiro atoms. The Morgan fingerprint density at radius 2 is 2.19 bits per heavy atom. The van der Waals surface area contributed by atoms with Crippen LogP contribution < -0.4 is 0 Å². The van der Waals surface area contributed by atoms with Crippen LogP contribution in [0, 0.1) is 0 Å². The molecule has 0 aliphatic heterocycles. The fourth-order valence-electron chi connectivity index (χ4n) is 1.02. The van der Waals surface area contributed by atoms with Gasteiger partial charge in [-0.2, -0.15) is 0 Å². The molecule has 2 atom stereocenters. The first-order valence-electron chi connectivity index (χ1n) is 5.37. The lowest BCUT2D eigenvalue weighted by molar-refractivity contribution is -0.0867. The van der Waals surface area contributed by atoms with E-state index in [4.69, 9.17) is 18.9 Å². The number of rotatable bonds is 10. The maximum absolute atomic E-state index is 12.0. The van der Waals surface area contributed by atoms with Crippen molar-refractivity contribution < 1.29 is 23.5 Å². The fourth-order valence-corrected chi connectivity index (χ4v) is 2.33. The Balaban J connectivity index is 4.32. The van der Waals surface area contributed by atoms with Gasteiger partial charge in [-0.3, -0.25) is 9.09 Å². The molecule has 6 heteroatoms. The zero-order valence-corrected chi connectivity index (χ0v) is 10.8. The summed E-state index contributed by atoms with van der Waals surface area (Å²) in [5, 5.41) is 8.82. The summed E-state index contributed by atoms with van der Waals surface area (Å²) >= 11 is 0. The molecule has 0 radical (unpaired) electrons. The number of hydrogen-bond acceptors (Lipinski definition) is 5. The van der Waals surface area contributed by atoms with Crippen LogP contribution in [0.15, 0.2) is 12.7 Å². The standard InChI is InChI=1S/C10H21O5P/c1-4-9-13-10(7-8-11)15-16(12,6-3)14-5-2/h4,10-11H,1,5-9H2,2-3H3. The van der Waals surface area contributed by atoms with Gasteiger partial charge in [0.1, 0.15) is 0 Å². The molecule has 0 bridgehead atoms. The van der Waals surface area contributed by atoms with Gasteiger partial charge < -0.3 is 14.4 Å². The van der Waals surface area contributed by atoms with E-state index in [2.05, 4.69) is 6.58 Å². The van der Waals surface area contributed by atoms with E-state index in [1.807, 2.05) is 0 Å². The molecule has 0 saturated carbocycles. The highest BCUT2D eigenvalue weighted by atomic mass is 31.2. The van der Waals surface area contributed by atoms with Crippen LogP contribution in [-0.4, -0.2) is 37.4 Å². The van der Waals surface area contributed by atoms with Gasteiger partial charge in [0.15, 0.2) is 6.29 Å². The Hall–Kier alpha value is -0.190. The normalized spacial score (nSPS) is 16.7. The average molecular weight is 252 g/mol. The van der Waals surface area contributed by atoms with E-state index >= 15 is 0 Å². The molecule has 0 saturated heterocycles. The van der Waals surface area contributed by atoms with Gasteiger partial charge in [-0.1, -0.05) is 13.0 Å². The summed E-state index contributed by atoms with van der Waals surface area (Å²) in [5.74, 6) is 0. The van der Waals surface area contributed by atoms with Crippen LogP contribution in [0.5, 0.6) is 0 Å². The number of hydrogen-bond donors (Lipinski definition) is 1. The van der Waals surface area contributed by atoms with Crippen LogP contribution in [0.1, 0.15) is 20.3 Å². The summed E-state index contributed by atoms with van der Waals surface area (Å²) in [6.07, 6.45) is 1.37. The van der Waals surface area contributed by atoms with Crippen LogP contribution >= 0.6 is 7.60 Å². The summed E-state index contributed by atoms with van der Waals surface area (Å²) in [6, 6.07) is 0. The predicted molar refractivity (Wildman–Crippen MR) is 62.5 cm³/mol. The van der Waals surface area contributed by atoms with Gasteiger partial charge in [0, 0.05) is 19.2 Å². The van der Waals surface area contributed by atoms with E-state index in [0.717, 1.165) is 0 Å². The van der Waals surface area contributed by atoms with Crippen LogP contribution in [0.25, 0.3) is 0 Å². The van der Waals surface area contributed by atoms with E-state index in [0.29, 0.717) is 6.61 Å². The third kappa shape index (κ3) is 6.40. The van der Waals surface area contributed by atoms with Crippen molar-refractivity contribution >= 4 is 7.60 Å². The number of aliphatic hydroxyl groups excluding tert-OH is 1. The molecule has 0 amide bonds. The Morgan fingerprint density at radius 1 is 1.50 bits per heavy atom. The van der Waals surface area contributed by atoms with Crippen LogP contribution in [0.3, 0.4) is 0 Å². The molecule has 0 aliphatic rings. The smallest absolute Gasteiger partial charge is 0.332 e. The second kappa shape index (κ2) is 8.90. The molecule has 0 rings (SSSR count). The lowest BCUT2D eigenvalue weighted by Crippen LogP contribution is -2.19. The lowest BCUT2D eigenvalue weighted by Gasteiger charge is -2.22. The average Bonchev–Trinajstić information content (AvgIpc) is 2.26. The molecule has 0 heterocycles. The van der Waals surface area contributed by atoms with Crippen molar-refractivity contribution in [2.24, 2.45) is 0 Å². The van der Waals surface area contributed by atoms with Crippen molar-refractivity contribution in [3.63, 3.8) is 0 Å². The second-order valence-electron chi connectivity index (χ2n) is 3.01. The summed E-state index contributed by atoms with van der Waals surface area (Å²) in [7, 11) is -3.10. The van der Waals surface area contributed by atoms with Gasteiger partial charge in [0.25, 0.3) is 0 Å².